The highest BCUT2D eigenvalue weighted by molar-refractivity contribution is 8.14. The number of halogens is 2. The van der Waals surface area contributed by atoms with Gasteiger partial charge < -0.3 is 4.98 Å². The largest absolute Gasteiger partial charge is 0.358 e. The van der Waals surface area contributed by atoms with Crippen LogP contribution in [0.4, 0.5) is 0 Å². The van der Waals surface area contributed by atoms with E-state index in [1.807, 2.05) is 25.1 Å². The molecule has 100 valence electrons. The van der Waals surface area contributed by atoms with Gasteiger partial charge in [-0.05, 0) is 19.1 Å². The lowest BCUT2D eigenvalue weighted by Crippen LogP contribution is -1.92. The average molecular weight is 316 g/mol. The zero-order chi connectivity index (χ0) is 12.9. The van der Waals surface area contributed by atoms with E-state index in [9.17, 15) is 8.42 Å². The van der Waals surface area contributed by atoms with Crippen molar-refractivity contribution in [2.75, 3.05) is 0 Å². The Morgan fingerprint density at radius 2 is 1.74 bits per heavy atom. The van der Waals surface area contributed by atoms with Gasteiger partial charge >= 0.3 is 0 Å². The zero-order valence-electron chi connectivity index (χ0n) is 9.98. The molecule has 0 amide bonds. The first-order chi connectivity index (χ1) is 8.47. The molecule has 0 unspecified atom stereocenters. The Hall–Kier alpha value is -1.23. The van der Waals surface area contributed by atoms with Gasteiger partial charge in [-0.1, -0.05) is 24.3 Å². The zero-order valence-corrected chi connectivity index (χ0v) is 12.4. The molecular formula is C13H11Cl2NO2S. The number of nitrogens with one attached hydrogen (secondary N) is 1. The number of aryl methyl sites for hydroxylation is 1. The van der Waals surface area contributed by atoms with Crippen molar-refractivity contribution in [1.29, 1.82) is 0 Å². The maximum atomic E-state index is 11.7. The van der Waals surface area contributed by atoms with Crippen molar-refractivity contribution in [3.8, 4) is 0 Å². The number of rotatable bonds is 1. The lowest BCUT2D eigenvalue weighted by Gasteiger charge is -2.05. The molecule has 0 aliphatic carbocycles. The first-order valence-corrected chi connectivity index (χ1v) is 7.73. The van der Waals surface area contributed by atoms with E-state index < -0.39 is 9.05 Å². The quantitative estimate of drug-likeness (QED) is 0.690. The van der Waals surface area contributed by atoms with E-state index in [1.54, 1.807) is 18.2 Å². The highest BCUT2D eigenvalue weighted by atomic mass is 35.7. The van der Waals surface area contributed by atoms with Crippen LogP contribution in [0.2, 0.25) is 0 Å². The predicted molar refractivity (Wildman–Crippen MR) is 80.8 cm³/mol. The molecule has 0 saturated carbocycles. The van der Waals surface area contributed by atoms with Gasteiger partial charge in [0.2, 0.25) is 0 Å². The van der Waals surface area contributed by atoms with Crippen LogP contribution in [0, 0.1) is 6.92 Å². The molecule has 0 saturated heterocycles. The van der Waals surface area contributed by atoms with Crippen LogP contribution in [0.3, 0.4) is 0 Å². The molecule has 0 radical (unpaired) electrons. The molecule has 0 spiro atoms. The molecule has 0 fully saturated rings. The van der Waals surface area contributed by atoms with E-state index in [0.717, 1.165) is 22.0 Å². The lowest BCUT2D eigenvalue weighted by atomic mass is 10.1. The lowest BCUT2D eigenvalue weighted by molar-refractivity contribution is 0.610. The van der Waals surface area contributed by atoms with E-state index in [-0.39, 0.29) is 17.3 Å². The van der Waals surface area contributed by atoms with E-state index >= 15 is 0 Å². The highest BCUT2D eigenvalue weighted by Gasteiger charge is 2.17. The Balaban J connectivity index is 0.00000133. The number of aromatic nitrogens is 1. The highest BCUT2D eigenvalue weighted by Crippen LogP contribution is 2.32. The van der Waals surface area contributed by atoms with Crippen LogP contribution in [-0.4, -0.2) is 13.4 Å². The van der Waals surface area contributed by atoms with Crippen molar-refractivity contribution in [2.45, 2.75) is 11.8 Å². The molecule has 0 atom stereocenters. The fourth-order valence-electron chi connectivity index (χ4n) is 2.28. The minimum absolute atomic E-state index is 0. The molecule has 3 nitrogen and oxygen atoms in total. The van der Waals surface area contributed by atoms with Gasteiger partial charge in [0.05, 0.1) is 10.4 Å². The van der Waals surface area contributed by atoms with Gasteiger partial charge in [-0.25, -0.2) is 8.42 Å². The molecule has 1 N–H and O–H groups in total. The average Bonchev–Trinajstić information content (AvgIpc) is 2.67. The Morgan fingerprint density at radius 1 is 1.11 bits per heavy atom. The number of benzene rings is 2. The SMILES string of the molecule is Cc1cc2cc(S(=O)(=O)Cl)c3ccccc3c2[nH]1.Cl. The second kappa shape index (κ2) is 4.71. The topological polar surface area (TPSA) is 49.9 Å². The standard InChI is InChI=1S/C13H10ClNO2S.ClH/c1-8-6-9-7-12(18(14,16)17)10-4-2-3-5-11(10)13(9)15-8;/h2-7,15H,1H3;1H. The Labute approximate surface area is 121 Å². The third-order valence-corrected chi connectivity index (χ3v) is 4.36. The maximum absolute atomic E-state index is 11.7. The second-order valence-electron chi connectivity index (χ2n) is 4.27. The minimum atomic E-state index is -3.75. The van der Waals surface area contributed by atoms with E-state index in [0.29, 0.717) is 5.39 Å². The first kappa shape index (κ1) is 14.2. The summed E-state index contributed by atoms with van der Waals surface area (Å²) in [5.41, 5.74) is 1.92. The number of hydrogen-bond acceptors (Lipinski definition) is 2. The Kier molecular flexibility index (Phi) is 3.51. The van der Waals surface area contributed by atoms with Crippen LogP contribution in [0.15, 0.2) is 41.3 Å². The molecule has 0 bridgehead atoms. The van der Waals surface area contributed by atoms with Gasteiger partial charge in [-0.2, -0.15) is 0 Å². The number of fused-ring (bicyclic) bond motifs is 3. The van der Waals surface area contributed by atoms with Crippen LogP contribution in [0.5, 0.6) is 0 Å². The van der Waals surface area contributed by atoms with Gasteiger partial charge in [0.1, 0.15) is 0 Å². The van der Waals surface area contributed by atoms with Crippen molar-refractivity contribution in [3.05, 3.63) is 42.1 Å². The molecule has 0 aliphatic heterocycles. The molecule has 1 heterocycles. The molecule has 3 rings (SSSR count). The van der Waals surface area contributed by atoms with Crippen LogP contribution in [0.1, 0.15) is 5.69 Å². The summed E-state index contributed by atoms with van der Waals surface area (Å²) in [6.07, 6.45) is 0. The summed E-state index contributed by atoms with van der Waals surface area (Å²) < 4.78 is 23.3. The van der Waals surface area contributed by atoms with Crippen molar-refractivity contribution in [2.24, 2.45) is 0 Å². The monoisotopic (exact) mass is 315 g/mol. The molecule has 1 aromatic heterocycles. The van der Waals surface area contributed by atoms with Gasteiger partial charge in [-0.15, -0.1) is 12.4 Å². The number of H-pyrrole nitrogens is 1. The summed E-state index contributed by atoms with van der Waals surface area (Å²) in [5, 5.41) is 2.36. The Bertz CT molecular complexity index is 869. The first-order valence-electron chi connectivity index (χ1n) is 5.42. The van der Waals surface area contributed by atoms with E-state index in [2.05, 4.69) is 4.98 Å². The van der Waals surface area contributed by atoms with Crippen molar-refractivity contribution >= 4 is 53.8 Å². The van der Waals surface area contributed by atoms with E-state index in [1.165, 1.54) is 0 Å². The second-order valence-corrected chi connectivity index (χ2v) is 6.81. The maximum Gasteiger partial charge on any atom is 0.261 e. The molecule has 0 aliphatic rings. The fraction of sp³-hybridized carbons (Fsp3) is 0.0769. The summed E-state index contributed by atoms with van der Waals surface area (Å²) in [5.74, 6) is 0. The summed E-state index contributed by atoms with van der Waals surface area (Å²) in [6, 6.07) is 10.9. The Morgan fingerprint density at radius 3 is 2.37 bits per heavy atom. The number of hydrogen-bond donors (Lipinski definition) is 1. The van der Waals surface area contributed by atoms with Crippen molar-refractivity contribution < 1.29 is 8.42 Å². The van der Waals surface area contributed by atoms with Crippen LogP contribution in [0.25, 0.3) is 21.7 Å². The van der Waals surface area contributed by atoms with E-state index in [4.69, 9.17) is 10.7 Å². The van der Waals surface area contributed by atoms with Gasteiger partial charge in [-0.3, -0.25) is 0 Å². The van der Waals surface area contributed by atoms with Crippen molar-refractivity contribution in [3.63, 3.8) is 0 Å². The molecule has 2 aromatic carbocycles. The third-order valence-electron chi connectivity index (χ3n) is 2.99. The molecule has 6 heteroatoms. The number of aromatic amines is 1. The summed E-state index contributed by atoms with van der Waals surface area (Å²) >= 11 is 0. The summed E-state index contributed by atoms with van der Waals surface area (Å²) in [4.78, 5) is 3.40. The van der Waals surface area contributed by atoms with Crippen molar-refractivity contribution in [1.82, 2.24) is 4.98 Å². The fourth-order valence-corrected chi connectivity index (χ4v) is 3.38. The molecule has 3 aromatic rings. The van der Waals surface area contributed by atoms with Gasteiger partial charge in [0, 0.05) is 32.5 Å². The van der Waals surface area contributed by atoms with Crippen LogP contribution in [-0.2, 0) is 9.05 Å². The predicted octanol–water partition coefficient (Wildman–Crippen LogP) is 3.98. The molecular weight excluding hydrogens is 305 g/mol. The van der Waals surface area contributed by atoms with Crippen LogP contribution >= 0.6 is 23.1 Å². The third kappa shape index (κ3) is 2.31. The summed E-state index contributed by atoms with van der Waals surface area (Å²) in [6.45, 7) is 1.93. The molecule has 19 heavy (non-hydrogen) atoms. The summed E-state index contributed by atoms with van der Waals surface area (Å²) in [7, 11) is 1.75. The van der Waals surface area contributed by atoms with Gasteiger partial charge in [0.25, 0.3) is 9.05 Å². The normalized spacial score (nSPS) is 11.7. The smallest absolute Gasteiger partial charge is 0.261 e. The minimum Gasteiger partial charge on any atom is -0.358 e. The van der Waals surface area contributed by atoms with Crippen LogP contribution < -0.4 is 0 Å². The van der Waals surface area contributed by atoms with Gasteiger partial charge in [0.15, 0.2) is 0 Å².